The number of amides is 1. The lowest BCUT2D eigenvalue weighted by molar-refractivity contribution is 0.135. The van der Waals surface area contributed by atoms with Crippen LogP contribution in [0.25, 0.3) is 16.5 Å². The van der Waals surface area contributed by atoms with Crippen LogP contribution in [0, 0.1) is 11.6 Å². The molecule has 1 aromatic heterocycles. The topological polar surface area (TPSA) is 54.1 Å². The Hall–Kier alpha value is -3.15. The fourth-order valence-corrected chi connectivity index (χ4v) is 3.56. The molecule has 0 fully saturated rings. The molecule has 0 aliphatic heterocycles. The number of carbonyl (C=O) groups excluding carboxylic acids is 1. The van der Waals surface area contributed by atoms with Crippen molar-refractivity contribution in [2.45, 2.75) is 31.9 Å². The van der Waals surface area contributed by atoms with Gasteiger partial charge in [-0.05, 0) is 36.5 Å². The summed E-state index contributed by atoms with van der Waals surface area (Å²) in [5.74, 6) is -1.19. The fraction of sp³-hybridized carbons (Fsp3) is 0.227. The van der Waals surface area contributed by atoms with Crippen LogP contribution in [0.2, 0.25) is 0 Å². The van der Waals surface area contributed by atoms with Crippen LogP contribution in [0.3, 0.4) is 0 Å². The Morgan fingerprint density at radius 3 is 2.79 bits per heavy atom. The average Bonchev–Trinajstić information content (AvgIpc) is 3.12. The van der Waals surface area contributed by atoms with Crippen molar-refractivity contribution in [3.63, 3.8) is 0 Å². The first-order chi connectivity index (χ1) is 13.6. The summed E-state index contributed by atoms with van der Waals surface area (Å²) in [7, 11) is 0. The Kier molecular flexibility index (Phi) is 5.10. The molecule has 3 aromatic rings. The molecule has 0 spiro atoms. The summed E-state index contributed by atoms with van der Waals surface area (Å²) < 4.78 is 32.7. The number of halogens is 2. The van der Waals surface area contributed by atoms with Gasteiger partial charge in [-0.1, -0.05) is 36.4 Å². The molecular weight excluding hydrogens is 362 g/mol. The summed E-state index contributed by atoms with van der Waals surface area (Å²) in [4.78, 5) is 14.9. The molecule has 0 saturated heterocycles. The quantitative estimate of drug-likeness (QED) is 0.643. The molecule has 144 valence electrons. The SMILES string of the molecule is O=C(NC1CC=C(c2c[nH]c3c(F)cc(F)cc23)CC1)OCc1ccccc1. The Morgan fingerprint density at radius 2 is 2.04 bits per heavy atom. The predicted molar refractivity (Wildman–Crippen MR) is 104 cm³/mol. The van der Waals surface area contributed by atoms with Crippen molar-refractivity contribution < 1.29 is 18.3 Å². The molecule has 0 saturated carbocycles. The van der Waals surface area contributed by atoms with Crippen molar-refractivity contribution >= 4 is 22.6 Å². The first kappa shape index (κ1) is 18.2. The van der Waals surface area contributed by atoms with Crippen molar-refractivity contribution in [2.24, 2.45) is 0 Å². The Morgan fingerprint density at radius 1 is 1.21 bits per heavy atom. The number of allylic oxidation sites excluding steroid dienone is 1. The summed E-state index contributed by atoms with van der Waals surface area (Å²) in [5.41, 5.74) is 3.06. The number of carbonyl (C=O) groups is 1. The van der Waals surface area contributed by atoms with Gasteiger partial charge in [0.15, 0.2) is 0 Å². The van der Waals surface area contributed by atoms with Crippen molar-refractivity contribution in [1.82, 2.24) is 10.3 Å². The highest BCUT2D eigenvalue weighted by Gasteiger charge is 2.20. The standard InChI is InChI=1S/C22H20F2N2O2/c23-16-10-18-19(12-25-21(18)20(24)11-16)15-6-8-17(9-7-15)26-22(27)28-13-14-4-2-1-3-5-14/h1-6,10-12,17,25H,7-9,13H2,(H,26,27). The number of rotatable bonds is 4. The van der Waals surface area contributed by atoms with Gasteiger partial charge in [-0.3, -0.25) is 0 Å². The van der Waals surface area contributed by atoms with Gasteiger partial charge in [0, 0.05) is 29.3 Å². The first-order valence-electron chi connectivity index (χ1n) is 9.23. The van der Waals surface area contributed by atoms with Crippen LogP contribution < -0.4 is 5.32 Å². The third-order valence-electron chi connectivity index (χ3n) is 5.00. The molecule has 1 aliphatic carbocycles. The van der Waals surface area contributed by atoms with Crippen molar-refractivity contribution in [1.29, 1.82) is 0 Å². The highest BCUT2D eigenvalue weighted by Crippen LogP contribution is 2.33. The van der Waals surface area contributed by atoms with Crippen LogP contribution in [0.15, 0.2) is 54.7 Å². The van der Waals surface area contributed by atoms with Crippen LogP contribution in [-0.4, -0.2) is 17.1 Å². The Labute approximate surface area is 161 Å². The van der Waals surface area contributed by atoms with Crippen LogP contribution >= 0.6 is 0 Å². The van der Waals surface area contributed by atoms with Gasteiger partial charge in [0.1, 0.15) is 18.2 Å². The molecule has 6 heteroatoms. The number of H-pyrrole nitrogens is 1. The zero-order valence-corrected chi connectivity index (χ0v) is 15.2. The van der Waals surface area contributed by atoms with Gasteiger partial charge < -0.3 is 15.0 Å². The number of fused-ring (bicyclic) bond motifs is 1. The smallest absolute Gasteiger partial charge is 0.407 e. The predicted octanol–water partition coefficient (Wildman–Crippen LogP) is 5.31. The molecule has 1 amide bonds. The van der Waals surface area contributed by atoms with Crippen molar-refractivity contribution in [2.75, 3.05) is 0 Å². The minimum atomic E-state index is -0.599. The van der Waals surface area contributed by atoms with Gasteiger partial charge in [-0.25, -0.2) is 13.6 Å². The van der Waals surface area contributed by atoms with E-state index < -0.39 is 17.7 Å². The molecule has 4 nitrogen and oxygen atoms in total. The molecule has 28 heavy (non-hydrogen) atoms. The van der Waals surface area contributed by atoms with E-state index >= 15 is 0 Å². The molecular formula is C22H20F2N2O2. The van der Waals surface area contributed by atoms with Crippen LogP contribution in [0.1, 0.15) is 30.4 Å². The van der Waals surface area contributed by atoms with Crippen LogP contribution in [-0.2, 0) is 11.3 Å². The molecule has 1 aliphatic rings. The third kappa shape index (κ3) is 3.91. The number of ether oxygens (including phenoxy) is 1. The van der Waals surface area contributed by atoms with Gasteiger partial charge in [-0.2, -0.15) is 0 Å². The van der Waals surface area contributed by atoms with Crippen LogP contribution in [0.4, 0.5) is 13.6 Å². The van der Waals surface area contributed by atoms with E-state index in [1.165, 1.54) is 6.07 Å². The lowest BCUT2D eigenvalue weighted by atomic mass is 9.90. The van der Waals surface area contributed by atoms with Crippen molar-refractivity contribution in [3.8, 4) is 0 Å². The number of aromatic nitrogens is 1. The monoisotopic (exact) mass is 382 g/mol. The maximum Gasteiger partial charge on any atom is 0.407 e. The number of hydrogen-bond donors (Lipinski definition) is 2. The van der Waals surface area contributed by atoms with Crippen molar-refractivity contribution in [3.05, 3.63) is 77.5 Å². The van der Waals surface area contributed by atoms with E-state index in [0.29, 0.717) is 23.7 Å². The van der Waals surface area contributed by atoms with E-state index in [9.17, 15) is 13.6 Å². The maximum absolute atomic E-state index is 13.9. The molecule has 4 rings (SSSR count). The minimum Gasteiger partial charge on any atom is -0.445 e. The molecule has 0 bridgehead atoms. The zero-order valence-electron chi connectivity index (χ0n) is 15.2. The van der Waals surface area contributed by atoms with E-state index in [4.69, 9.17) is 4.74 Å². The second-order valence-corrected chi connectivity index (χ2v) is 6.92. The van der Waals surface area contributed by atoms with Gasteiger partial charge in [0.2, 0.25) is 0 Å². The lowest BCUT2D eigenvalue weighted by Crippen LogP contribution is -2.36. The molecule has 0 radical (unpaired) electrons. The zero-order chi connectivity index (χ0) is 19.5. The number of nitrogens with one attached hydrogen (secondary N) is 2. The van der Waals surface area contributed by atoms with Gasteiger partial charge in [0.05, 0.1) is 5.52 Å². The summed E-state index contributed by atoms with van der Waals surface area (Å²) >= 11 is 0. The normalized spacial score (nSPS) is 16.6. The highest BCUT2D eigenvalue weighted by molar-refractivity contribution is 5.93. The summed E-state index contributed by atoms with van der Waals surface area (Å²) in [6, 6.07) is 11.7. The molecule has 2 N–H and O–H groups in total. The van der Waals surface area contributed by atoms with E-state index in [2.05, 4.69) is 10.3 Å². The largest absolute Gasteiger partial charge is 0.445 e. The second kappa shape index (κ2) is 7.84. The third-order valence-corrected chi connectivity index (χ3v) is 5.00. The molecule has 2 aromatic carbocycles. The number of hydrogen-bond acceptors (Lipinski definition) is 2. The molecule has 1 heterocycles. The van der Waals surface area contributed by atoms with Gasteiger partial charge in [0.25, 0.3) is 0 Å². The first-order valence-corrected chi connectivity index (χ1v) is 9.23. The summed E-state index contributed by atoms with van der Waals surface area (Å²) in [6.45, 7) is 0.229. The Balaban J connectivity index is 1.38. The summed E-state index contributed by atoms with van der Waals surface area (Å²) in [6.07, 6.45) is 5.35. The molecule has 1 unspecified atom stereocenters. The fourth-order valence-electron chi connectivity index (χ4n) is 3.56. The van der Waals surface area contributed by atoms with Crippen LogP contribution in [0.5, 0.6) is 0 Å². The minimum absolute atomic E-state index is 0.0225. The number of benzene rings is 2. The van der Waals surface area contributed by atoms with E-state index in [1.54, 1.807) is 6.20 Å². The second-order valence-electron chi connectivity index (χ2n) is 6.92. The lowest BCUT2D eigenvalue weighted by Gasteiger charge is -2.22. The molecule has 1 atom stereocenters. The summed E-state index contributed by atoms with van der Waals surface area (Å²) in [5, 5.41) is 3.42. The van der Waals surface area contributed by atoms with Gasteiger partial charge in [-0.15, -0.1) is 0 Å². The van der Waals surface area contributed by atoms with E-state index in [-0.39, 0.29) is 12.6 Å². The number of alkyl carbamates (subject to hydrolysis) is 1. The number of aromatic amines is 1. The highest BCUT2D eigenvalue weighted by atomic mass is 19.1. The van der Waals surface area contributed by atoms with E-state index in [0.717, 1.165) is 29.2 Å². The van der Waals surface area contributed by atoms with Gasteiger partial charge >= 0.3 is 6.09 Å². The average molecular weight is 382 g/mol. The van der Waals surface area contributed by atoms with E-state index in [1.807, 2.05) is 36.4 Å². The Bertz CT molecular complexity index is 1030. The maximum atomic E-state index is 13.9.